The number of hydrogen-bond donors (Lipinski definition) is 1. The Morgan fingerprint density at radius 2 is 2.14 bits per heavy atom. The van der Waals surface area contributed by atoms with Gasteiger partial charge < -0.3 is 15.0 Å². The van der Waals surface area contributed by atoms with E-state index >= 15 is 0 Å². The van der Waals surface area contributed by atoms with Gasteiger partial charge in [0.05, 0.1) is 6.04 Å². The van der Waals surface area contributed by atoms with Crippen LogP contribution in [-0.4, -0.2) is 42.3 Å². The van der Waals surface area contributed by atoms with E-state index in [1.165, 1.54) is 6.07 Å². The van der Waals surface area contributed by atoms with Gasteiger partial charge >= 0.3 is 6.09 Å². The molecule has 1 amide bonds. The van der Waals surface area contributed by atoms with Crippen LogP contribution in [0.1, 0.15) is 26.3 Å². The molecule has 6 heteroatoms. The zero-order valence-electron chi connectivity index (χ0n) is 13.2. The minimum Gasteiger partial charge on any atom is -0.444 e. The first-order valence-electron chi connectivity index (χ1n) is 7.40. The van der Waals surface area contributed by atoms with Gasteiger partial charge in [0.2, 0.25) is 0 Å². The molecule has 1 aliphatic heterocycles. The number of hydrogen-bond acceptors (Lipinski definition) is 3. The van der Waals surface area contributed by atoms with E-state index in [2.05, 4.69) is 5.32 Å². The van der Waals surface area contributed by atoms with Gasteiger partial charge in [0.25, 0.3) is 0 Å². The predicted octanol–water partition coefficient (Wildman–Crippen LogP) is 2.72. The van der Waals surface area contributed by atoms with Crippen molar-refractivity contribution in [1.29, 1.82) is 0 Å². The van der Waals surface area contributed by atoms with Crippen molar-refractivity contribution in [2.24, 2.45) is 0 Å². The van der Waals surface area contributed by atoms with E-state index in [1.54, 1.807) is 25.7 Å². The van der Waals surface area contributed by atoms with Gasteiger partial charge in [-0.25, -0.2) is 13.6 Å². The van der Waals surface area contributed by atoms with Gasteiger partial charge in [-0.2, -0.15) is 0 Å². The van der Waals surface area contributed by atoms with Gasteiger partial charge in [0.15, 0.2) is 0 Å². The van der Waals surface area contributed by atoms with Gasteiger partial charge in [-0.3, -0.25) is 0 Å². The predicted molar refractivity (Wildman–Crippen MR) is 79.7 cm³/mol. The van der Waals surface area contributed by atoms with Gasteiger partial charge in [0, 0.05) is 19.6 Å². The summed E-state index contributed by atoms with van der Waals surface area (Å²) in [7, 11) is 0. The Morgan fingerprint density at radius 3 is 2.82 bits per heavy atom. The standard InChI is InChI=1S/C16H22F2N2O2/c1-16(2,3)22-15(21)20-7-6-19-10-13(20)9-11-8-12(17)4-5-14(11)18/h4-5,8,13,19H,6-7,9-10H2,1-3H3. The summed E-state index contributed by atoms with van der Waals surface area (Å²) in [4.78, 5) is 13.9. The Morgan fingerprint density at radius 1 is 1.41 bits per heavy atom. The fourth-order valence-corrected chi connectivity index (χ4v) is 2.46. The molecule has 0 radical (unpaired) electrons. The topological polar surface area (TPSA) is 41.6 Å². The van der Waals surface area contributed by atoms with Crippen molar-refractivity contribution in [3.8, 4) is 0 Å². The molecule has 1 heterocycles. The first-order chi connectivity index (χ1) is 10.3. The van der Waals surface area contributed by atoms with Crippen molar-refractivity contribution in [3.63, 3.8) is 0 Å². The molecule has 1 aromatic rings. The summed E-state index contributed by atoms with van der Waals surface area (Å²) in [6, 6.07) is 3.11. The van der Waals surface area contributed by atoms with E-state index < -0.39 is 23.3 Å². The molecule has 0 bridgehead atoms. The highest BCUT2D eigenvalue weighted by molar-refractivity contribution is 5.68. The SMILES string of the molecule is CC(C)(C)OC(=O)N1CCNCC1Cc1cc(F)ccc1F. The Bertz CT molecular complexity index is 543. The zero-order valence-corrected chi connectivity index (χ0v) is 13.2. The van der Waals surface area contributed by atoms with Crippen molar-refractivity contribution in [1.82, 2.24) is 10.2 Å². The number of carbonyl (C=O) groups excluding carboxylic acids is 1. The number of rotatable bonds is 2. The average Bonchev–Trinajstić information content (AvgIpc) is 2.41. The molecule has 0 aromatic heterocycles. The Balaban J connectivity index is 2.13. The summed E-state index contributed by atoms with van der Waals surface area (Å²) in [6.07, 6.45) is -0.175. The average molecular weight is 312 g/mol. The minimum absolute atomic E-state index is 0.246. The second kappa shape index (κ2) is 6.60. The van der Waals surface area contributed by atoms with Crippen LogP contribution in [0.4, 0.5) is 13.6 Å². The summed E-state index contributed by atoms with van der Waals surface area (Å²) in [5.74, 6) is -0.944. The molecule has 1 atom stereocenters. The number of nitrogens with zero attached hydrogens (tertiary/aromatic N) is 1. The molecule has 0 spiro atoms. The lowest BCUT2D eigenvalue weighted by Gasteiger charge is -2.37. The molecule has 1 unspecified atom stereocenters. The largest absolute Gasteiger partial charge is 0.444 e. The highest BCUT2D eigenvalue weighted by Gasteiger charge is 2.31. The highest BCUT2D eigenvalue weighted by Crippen LogP contribution is 2.18. The summed E-state index contributed by atoms with van der Waals surface area (Å²) in [6.45, 7) is 7.06. The summed E-state index contributed by atoms with van der Waals surface area (Å²) < 4.78 is 32.5. The second-order valence-corrected chi connectivity index (χ2v) is 6.47. The molecule has 122 valence electrons. The van der Waals surface area contributed by atoms with Gasteiger partial charge in [0.1, 0.15) is 17.2 Å². The third-order valence-corrected chi connectivity index (χ3v) is 3.44. The van der Waals surface area contributed by atoms with E-state index in [0.29, 0.717) is 19.6 Å². The number of benzene rings is 1. The van der Waals surface area contributed by atoms with Crippen LogP contribution in [0, 0.1) is 11.6 Å². The van der Waals surface area contributed by atoms with E-state index in [9.17, 15) is 13.6 Å². The smallest absolute Gasteiger partial charge is 0.410 e. The van der Waals surface area contributed by atoms with Crippen molar-refractivity contribution >= 4 is 6.09 Å². The van der Waals surface area contributed by atoms with Crippen molar-refractivity contribution in [2.75, 3.05) is 19.6 Å². The van der Waals surface area contributed by atoms with Crippen molar-refractivity contribution < 1.29 is 18.3 Å². The van der Waals surface area contributed by atoms with Crippen LogP contribution >= 0.6 is 0 Å². The molecule has 4 nitrogen and oxygen atoms in total. The van der Waals surface area contributed by atoms with Gasteiger partial charge in [-0.15, -0.1) is 0 Å². The van der Waals surface area contributed by atoms with Crippen LogP contribution in [0.25, 0.3) is 0 Å². The van der Waals surface area contributed by atoms with E-state index in [-0.39, 0.29) is 18.0 Å². The highest BCUT2D eigenvalue weighted by atomic mass is 19.1. The van der Waals surface area contributed by atoms with Gasteiger partial charge in [-0.1, -0.05) is 0 Å². The molecular weight excluding hydrogens is 290 g/mol. The Kier molecular flexibility index (Phi) is 5.01. The Labute approximate surface area is 129 Å². The number of carbonyl (C=O) groups is 1. The van der Waals surface area contributed by atoms with Crippen LogP contribution in [0.15, 0.2) is 18.2 Å². The lowest BCUT2D eigenvalue weighted by molar-refractivity contribution is 0.0121. The molecule has 0 saturated carbocycles. The summed E-state index contributed by atoms with van der Waals surface area (Å²) >= 11 is 0. The minimum atomic E-state index is -0.587. The molecular formula is C16H22F2N2O2. The lowest BCUT2D eigenvalue weighted by Crippen LogP contribution is -2.55. The molecule has 0 aliphatic carbocycles. The molecule has 2 rings (SSSR count). The van der Waals surface area contributed by atoms with Crippen molar-refractivity contribution in [3.05, 3.63) is 35.4 Å². The van der Waals surface area contributed by atoms with E-state index in [0.717, 1.165) is 12.1 Å². The number of piperazine rings is 1. The quantitative estimate of drug-likeness (QED) is 0.913. The molecule has 1 aliphatic rings. The van der Waals surface area contributed by atoms with Crippen LogP contribution < -0.4 is 5.32 Å². The lowest BCUT2D eigenvalue weighted by atomic mass is 10.0. The van der Waals surface area contributed by atoms with Crippen LogP contribution in [0.3, 0.4) is 0 Å². The number of halogens is 2. The molecule has 1 fully saturated rings. The molecule has 22 heavy (non-hydrogen) atoms. The number of amides is 1. The summed E-state index contributed by atoms with van der Waals surface area (Å²) in [5, 5.41) is 3.17. The van der Waals surface area contributed by atoms with Gasteiger partial charge in [-0.05, 0) is 51.0 Å². The van der Waals surface area contributed by atoms with Crippen LogP contribution in [0.2, 0.25) is 0 Å². The van der Waals surface area contributed by atoms with Crippen LogP contribution in [-0.2, 0) is 11.2 Å². The second-order valence-electron chi connectivity index (χ2n) is 6.47. The first kappa shape index (κ1) is 16.7. The monoisotopic (exact) mass is 312 g/mol. The van der Waals surface area contributed by atoms with Crippen LogP contribution in [0.5, 0.6) is 0 Å². The third kappa shape index (κ3) is 4.40. The molecule has 1 N–H and O–H groups in total. The molecule has 1 aromatic carbocycles. The van der Waals surface area contributed by atoms with E-state index in [1.807, 2.05) is 0 Å². The van der Waals surface area contributed by atoms with Crippen molar-refractivity contribution in [2.45, 2.75) is 38.8 Å². The summed E-state index contributed by atoms with van der Waals surface area (Å²) in [5.41, 5.74) is -0.321. The fourth-order valence-electron chi connectivity index (χ4n) is 2.46. The maximum absolute atomic E-state index is 13.8. The Hall–Kier alpha value is -1.69. The maximum atomic E-state index is 13.8. The normalized spacial score (nSPS) is 19.1. The first-order valence-corrected chi connectivity index (χ1v) is 7.40. The van der Waals surface area contributed by atoms with E-state index in [4.69, 9.17) is 4.74 Å². The molecule has 1 saturated heterocycles. The zero-order chi connectivity index (χ0) is 16.3. The fraction of sp³-hybridized carbons (Fsp3) is 0.562. The number of ether oxygens (including phenoxy) is 1. The number of nitrogens with one attached hydrogen (secondary N) is 1. The third-order valence-electron chi connectivity index (χ3n) is 3.44. The maximum Gasteiger partial charge on any atom is 0.410 e.